The Morgan fingerprint density at radius 3 is 2.75 bits per heavy atom. The molecule has 0 heterocycles. The maximum atomic E-state index is 11.1. The molecule has 1 aromatic carbocycles. The summed E-state index contributed by atoms with van der Waals surface area (Å²) in [5, 5.41) is 8.91. The van der Waals surface area contributed by atoms with E-state index in [1.807, 2.05) is 13.8 Å². The minimum Gasteiger partial charge on any atom is -0.392 e. The molecule has 88 valence electrons. The normalized spacial score (nSPS) is 9.94. The van der Waals surface area contributed by atoms with Gasteiger partial charge in [0.15, 0.2) is 5.75 Å². The number of aliphatic hydroxyl groups is 1. The summed E-state index contributed by atoms with van der Waals surface area (Å²) in [5.74, 6) is 0.106. The molecule has 0 unspecified atom stereocenters. The molecule has 0 spiro atoms. The van der Waals surface area contributed by atoms with Gasteiger partial charge in [-0.25, -0.2) is 4.79 Å². The SMILES string of the molecule is CCCC(=O)OOc1ccc(CO)cc1C. The third kappa shape index (κ3) is 3.55. The Hall–Kier alpha value is -1.55. The van der Waals surface area contributed by atoms with Gasteiger partial charge in [-0.1, -0.05) is 13.0 Å². The standard InChI is InChI=1S/C12H16O4/c1-3-4-12(14)16-15-11-6-5-10(8-13)7-9(11)2/h5-7,13H,3-4,8H2,1-2H3. The van der Waals surface area contributed by atoms with Gasteiger partial charge in [0.2, 0.25) is 0 Å². The quantitative estimate of drug-likeness (QED) is 0.615. The van der Waals surface area contributed by atoms with Gasteiger partial charge in [-0.15, -0.1) is 0 Å². The minimum atomic E-state index is -0.381. The molecule has 16 heavy (non-hydrogen) atoms. The molecular weight excluding hydrogens is 208 g/mol. The predicted octanol–water partition coefficient (Wildman–Crippen LogP) is 2.12. The van der Waals surface area contributed by atoms with Gasteiger partial charge in [0.05, 0.1) is 6.61 Å². The molecule has 0 bridgehead atoms. The lowest BCUT2D eigenvalue weighted by molar-refractivity contribution is -0.214. The highest BCUT2D eigenvalue weighted by Crippen LogP contribution is 2.19. The molecule has 0 aliphatic carbocycles. The first-order chi connectivity index (χ1) is 7.67. The summed E-state index contributed by atoms with van der Waals surface area (Å²) in [6, 6.07) is 5.17. The Bertz CT molecular complexity index is 360. The van der Waals surface area contributed by atoms with Crippen LogP contribution in [0.25, 0.3) is 0 Å². The molecule has 1 aromatic rings. The van der Waals surface area contributed by atoms with E-state index < -0.39 is 0 Å². The van der Waals surface area contributed by atoms with Crippen LogP contribution in [-0.2, 0) is 16.3 Å². The number of carbonyl (C=O) groups is 1. The van der Waals surface area contributed by atoms with Crippen LogP contribution in [0.15, 0.2) is 18.2 Å². The van der Waals surface area contributed by atoms with E-state index in [0.717, 1.165) is 17.5 Å². The molecule has 0 atom stereocenters. The van der Waals surface area contributed by atoms with Crippen LogP contribution in [0.1, 0.15) is 30.9 Å². The third-order valence-corrected chi connectivity index (χ3v) is 2.10. The molecule has 0 radical (unpaired) electrons. The van der Waals surface area contributed by atoms with Crippen LogP contribution in [0, 0.1) is 6.92 Å². The zero-order valence-electron chi connectivity index (χ0n) is 9.53. The maximum Gasteiger partial charge on any atom is 0.355 e. The van der Waals surface area contributed by atoms with E-state index >= 15 is 0 Å². The van der Waals surface area contributed by atoms with Gasteiger partial charge in [0.1, 0.15) is 0 Å². The Morgan fingerprint density at radius 1 is 1.44 bits per heavy atom. The summed E-state index contributed by atoms with van der Waals surface area (Å²) in [4.78, 5) is 20.6. The van der Waals surface area contributed by atoms with Gasteiger partial charge in [-0.05, 0) is 36.6 Å². The van der Waals surface area contributed by atoms with Gasteiger partial charge >= 0.3 is 5.97 Å². The zero-order valence-corrected chi connectivity index (χ0v) is 9.53. The van der Waals surface area contributed by atoms with E-state index in [-0.39, 0.29) is 12.6 Å². The van der Waals surface area contributed by atoms with Gasteiger partial charge in [-0.3, -0.25) is 9.78 Å². The number of aryl methyl sites for hydroxylation is 1. The van der Waals surface area contributed by atoms with Crippen LogP contribution in [0.4, 0.5) is 0 Å². The summed E-state index contributed by atoms with van der Waals surface area (Å²) in [6.07, 6.45) is 1.07. The lowest BCUT2D eigenvalue weighted by atomic mass is 10.1. The fourth-order valence-electron chi connectivity index (χ4n) is 1.24. The first-order valence-corrected chi connectivity index (χ1v) is 5.25. The molecule has 0 saturated carbocycles. The van der Waals surface area contributed by atoms with Crippen molar-refractivity contribution in [3.05, 3.63) is 29.3 Å². The van der Waals surface area contributed by atoms with Gasteiger partial charge in [-0.2, -0.15) is 0 Å². The third-order valence-electron chi connectivity index (χ3n) is 2.10. The van der Waals surface area contributed by atoms with Crippen LogP contribution >= 0.6 is 0 Å². The average Bonchev–Trinajstić information content (AvgIpc) is 2.27. The summed E-state index contributed by atoms with van der Waals surface area (Å²) in [6.45, 7) is 3.70. The highest BCUT2D eigenvalue weighted by molar-refractivity contribution is 5.68. The van der Waals surface area contributed by atoms with Crippen LogP contribution in [-0.4, -0.2) is 11.1 Å². The van der Waals surface area contributed by atoms with Crippen LogP contribution in [0.3, 0.4) is 0 Å². The highest BCUT2D eigenvalue weighted by Gasteiger charge is 2.06. The highest BCUT2D eigenvalue weighted by atomic mass is 17.2. The minimum absolute atomic E-state index is 0.0171. The van der Waals surface area contributed by atoms with Crippen molar-refractivity contribution < 1.29 is 19.7 Å². The van der Waals surface area contributed by atoms with E-state index in [0.29, 0.717) is 12.2 Å². The molecule has 4 nitrogen and oxygen atoms in total. The smallest absolute Gasteiger partial charge is 0.355 e. The van der Waals surface area contributed by atoms with Crippen molar-refractivity contribution in [3.63, 3.8) is 0 Å². The van der Waals surface area contributed by atoms with Crippen molar-refractivity contribution in [2.24, 2.45) is 0 Å². The van der Waals surface area contributed by atoms with Crippen molar-refractivity contribution in [1.29, 1.82) is 0 Å². The molecule has 0 amide bonds. The van der Waals surface area contributed by atoms with Crippen molar-refractivity contribution in [3.8, 4) is 5.75 Å². The Labute approximate surface area is 94.7 Å². The van der Waals surface area contributed by atoms with Crippen LogP contribution in [0.5, 0.6) is 5.75 Å². The molecule has 4 heteroatoms. The fourth-order valence-corrected chi connectivity index (χ4v) is 1.24. The predicted molar refractivity (Wildman–Crippen MR) is 58.7 cm³/mol. The van der Waals surface area contributed by atoms with Crippen molar-refractivity contribution >= 4 is 5.97 Å². The van der Waals surface area contributed by atoms with E-state index in [2.05, 4.69) is 4.89 Å². The van der Waals surface area contributed by atoms with E-state index in [9.17, 15) is 4.79 Å². The van der Waals surface area contributed by atoms with E-state index in [1.165, 1.54) is 0 Å². The van der Waals surface area contributed by atoms with Gasteiger partial charge < -0.3 is 5.11 Å². The molecule has 0 saturated heterocycles. The number of carbonyl (C=O) groups excluding carboxylic acids is 1. The number of rotatable bonds is 5. The molecule has 1 N–H and O–H groups in total. The first-order valence-electron chi connectivity index (χ1n) is 5.25. The molecule has 0 aliphatic rings. The van der Waals surface area contributed by atoms with Crippen LogP contribution < -0.4 is 4.89 Å². The number of benzene rings is 1. The topological polar surface area (TPSA) is 55.8 Å². The van der Waals surface area contributed by atoms with Crippen molar-refractivity contribution in [2.75, 3.05) is 0 Å². The number of aliphatic hydroxyl groups excluding tert-OH is 1. The lowest BCUT2D eigenvalue weighted by Gasteiger charge is -2.07. The van der Waals surface area contributed by atoms with E-state index in [4.69, 9.17) is 9.99 Å². The second-order valence-corrected chi connectivity index (χ2v) is 3.55. The largest absolute Gasteiger partial charge is 0.392 e. The van der Waals surface area contributed by atoms with Crippen molar-refractivity contribution in [2.45, 2.75) is 33.3 Å². The molecular formula is C12H16O4. The summed E-state index contributed by atoms with van der Waals surface area (Å²) >= 11 is 0. The Morgan fingerprint density at radius 2 is 2.19 bits per heavy atom. The van der Waals surface area contributed by atoms with Crippen LogP contribution in [0.2, 0.25) is 0 Å². The number of hydrogen-bond donors (Lipinski definition) is 1. The number of hydrogen-bond acceptors (Lipinski definition) is 4. The summed E-state index contributed by atoms with van der Waals surface area (Å²) < 4.78 is 0. The lowest BCUT2D eigenvalue weighted by Crippen LogP contribution is -2.07. The summed E-state index contributed by atoms with van der Waals surface area (Å²) in [5.41, 5.74) is 1.61. The molecule has 0 fully saturated rings. The van der Waals surface area contributed by atoms with Gasteiger partial charge in [0.25, 0.3) is 0 Å². The second-order valence-electron chi connectivity index (χ2n) is 3.55. The maximum absolute atomic E-state index is 11.1. The Kier molecular flexibility index (Phi) is 4.79. The summed E-state index contributed by atoms with van der Waals surface area (Å²) in [7, 11) is 0. The van der Waals surface area contributed by atoms with E-state index in [1.54, 1.807) is 18.2 Å². The molecule has 0 aromatic heterocycles. The molecule has 1 rings (SSSR count). The average molecular weight is 224 g/mol. The Balaban J connectivity index is 2.57. The fraction of sp³-hybridized carbons (Fsp3) is 0.417. The zero-order chi connectivity index (χ0) is 12.0. The second kappa shape index (κ2) is 6.12. The first kappa shape index (κ1) is 12.5. The van der Waals surface area contributed by atoms with Crippen molar-refractivity contribution in [1.82, 2.24) is 0 Å². The monoisotopic (exact) mass is 224 g/mol. The molecule has 0 aliphatic heterocycles. The van der Waals surface area contributed by atoms with Gasteiger partial charge in [0, 0.05) is 6.42 Å².